The molecule has 4 fully saturated rings. The van der Waals surface area contributed by atoms with E-state index in [1.54, 1.807) is 30.5 Å². The quantitative estimate of drug-likeness (QED) is 0.212. The van der Waals surface area contributed by atoms with Crippen LogP contribution >= 0.6 is 11.6 Å². The Hall–Kier alpha value is -4.61. The zero-order chi connectivity index (χ0) is 31.9. The van der Waals surface area contributed by atoms with Crippen LogP contribution in [0.3, 0.4) is 0 Å². The summed E-state index contributed by atoms with van der Waals surface area (Å²) in [5.74, 6) is -0.625. The number of carboxylic acid groups (broad SMARTS) is 1. The molecule has 2 bridgehead atoms. The topological polar surface area (TPSA) is 125 Å². The molecule has 1 aliphatic carbocycles. The average Bonchev–Trinajstić information content (AvgIpc) is 3.87. The number of nitrogens with one attached hydrogen (secondary N) is 2. The number of aromatic nitrogens is 4. The van der Waals surface area contributed by atoms with Gasteiger partial charge in [-0.25, -0.2) is 19.2 Å². The lowest BCUT2D eigenvalue weighted by Gasteiger charge is -2.39. The second kappa shape index (κ2) is 10.7. The average molecular weight is 640 g/mol. The first kappa shape index (κ1) is 28.8. The molecule has 12 heteroatoms. The van der Waals surface area contributed by atoms with Gasteiger partial charge in [0.05, 0.1) is 34.0 Å². The van der Waals surface area contributed by atoms with Crippen LogP contribution < -0.4 is 10.6 Å². The summed E-state index contributed by atoms with van der Waals surface area (Å²) in [6, 6.07) is 12.4. The van der Waals surface area contributed by atoms with Gasteiger partial charge in [-0.05, 0) is 55.9 Å². The van der Waals surface area contributed by atoms with Crippen LogP contribution in [0.1, 0.15) is 53.1 Å². The maximum atomic E-state index is 16.8. The summed E-state index contributed by atoms with van der Waals surface area (Å²) in [7, 11) is 1.53. The van der Waals surface area contributed by atoms with Crippen LogP contribution in [0.2, 0.25) is 5.02 Å². The fourth-order valence-electron chi connectivity index (χ4n) is 7.69. The fraction of sp³-hybridized carbons (Fsp3) is 0.324. The predicted octanol–water partition coefficient (Wildman–Crippen LogP) is 6.12. The smallest absolute Gasteiger partial charge is 0.407 e. The number of likely N-dealkylation sites (tertiary alicyclic amines) is 1. The molecule has 9 rings (SSSR count). The maximum Gasteiger partial charge on any atom is 0.407 e. The molecule has 5 aromatic rings. The number of carbonyl (C=O) groups is 2. The number of pyridine rings is 3. The number of rotatable bonds is 5. The van der Waals surface area contributed by atoms with Crippen LogP contribution in [0.25, 0.3) is 44.5 Å². The molecule has 3 saturated heterocycles. The van der Waals surface area contributed by atoms with Crippen LogP contribution in [-0.4, -0.2) is 67.7 Å². The van der Waals surface area contributed by atoms with E-state index < -0.39 is 11.9 Å². The lowest BCUT2D eigenvalue weighted by atomic mass is 9.79. The number of hydrogen-bond donors (Lipinski definition) is 3. The zero-order valence-corrected chi connectivity index (χ0v) is 26.0. The Balaban J connectivity index is 1.47. The SMILES string of the molecule is CNC(=O)c1cccc(-c2nc3c(F)c(-c4cccc(C)c4Cl)ncc3c3c2cc([C@H]2CCCN2C(=O)O)n3[C@H]2[C@H]3CN[C@@H]2C3)n1. The highest BCUT2D eigenvalue weighted by Crippen LogP contribution is 2.50. The second-order valence-corrected chi connectivity index (χ2v) is 12.8. The Morgan fingerprint density at radius 2 is 1.96 bits per heavy atom. The van der Waals surface area contributed by atoms with E-state index in [1.807, 2.05) is 25.1 Å². The van der Waals surface area contributed by atoms with Crippen molar-refractivity contribution in [2.75, 3.05) is 20.1 Å². The van der Waals surface area contributed by atoms with Crippen molar-refractivity contribution in [1.82, 2.24) is 35.1 Å². The minimum Gasteiger partial charge on any atom is -0.465 e. The summed E-state index contributed by atoms with van der Waals surface area (Å²) in [4.78, 5) is 40.7. The number of halogens is 2. The van der Waals surface area contributed by atoms with Crippen LogP contribution in [0.5, 0.6) is 0 Å². The van der Waals surface area contributed by atoms with Gasteiger partial charge >= 0.3 is 6.09 Å². The van der Waals surface area contributed by atoms with Crippen LogP contribution in [0, 0.1) is 18.7 Å². The van der Waals surface area contributed by atoms with E-state index in [1.165, 1.54) is 11.9 Å². The lowest BCUT2D eigenvalue weighted by Crippen LogP contribution is -2.40. The van der Waals surface area contributed by atoms with Gasteiger partial charge in [-0.1, -0.05) is 35.9 Å². The van der Waals surface area contributed by atoms with Crippen molar-refractivity contribution in [3.63, 3.8) is 0 Å². The number of amides is 2. The van der Waals surface area contributed by atoms with Crippen molar-refractivity contribution in [3.05, 3.63) is 76.5 Å². The number of fused-ring (bicyclic) bond motifs is 4. The largest absolute Gasteiger partial charge is 0.465 e. The van der Waals surface area contributed by atoms with Crippen molar-refractivity contribution >= 4 is 45.4 Å². The molecule has 0 unspecified atom stereocenters. The molecule has 2 amide bonds. The molecular formula is C34H31ClFN7O3. The molecule has 4 aromatic heterocycles. The molecule has 0 spiro atoms. The van der Waals surface area contributed by atoms with E-state index in [2.05, 4.69) is 25.2 Å². The van der Waals surface area contributed by atoms with Gasteiger partial charge in [-0.2, -0.15) is 0 Å². The van der Waals surface area contributed by atoms with Gasteiger partial charge in [0.2, 0.25) is 0 Å². The Labute approximate surface area is 268 Å². The molecule has 4 atom stereocenters. The third-order valence-corrected chi connectivity index (χ3v) is 10.4. The van der Waals surface area contributed by atoms with Crippen molar-refractivity contribution < 1.29 is 19.1 Å². The van der Waals surface area contributed by atoms with Gasteiger partial charge < -0.3 is 20.3 Å². The maximum absolute atomic E-state index is 16.8. The van der Waals surface area contributed by atoms with E-state index in [4.69, 9.17) is 16.6 Å². The first-order valence-corrected chi connectivity index (χ1v) is 15.9. The summed E-state index contributed by atoms with van der Waals surface area (Å²) in [5, 5.41) is 18.0. The molecule has 234 valence electrons. The van der Waals surface area contributed by atoms with Gasteiger partial charge in [-0.3, -0.25) is 14.7 Å². The summed E-state index contributed by atoms with van der Waals surface area (Å²) < 4.78 is 19.1. The lowest BCUT2D eigenvalue weighted by molar-refractivity contribution is 0.0958. The third-order valence-electron chi connectivity index (χ3n) is 9.92. The molecule has 4 aliphatic rings. The molecule has 1 aromatic carbocycles. The number of nitrogens with zero attached hydrogens (tertiary/aromatic N) is 5. The summed E-state index contributed by atoms with van der Waals surface area (Å²) in [5.41, 5.74) is 4.03. The second-order valence-electron chi connectivity index (χ2n) is 12.4. The molecule has 10 nitrogen and oxygen atoms in total. The Kier molecular flexibility index (Phi) is 6.73. The molecule has 1 saturated carbocycles. The Morgan fingerprint density at radius 1 is 1.13 bits per heavy atom. The molecular weight excluding hydrogens is 609 g/mol. The molecule has 3 N–H and O–H groups in total. The number of carbonyl (C=O) groups excluding carboxylic acids is 1. The van der Waals surface area contributed by atoms with E-state index in [9.17, 15) is 14.7 Å². The van der Waals surface area contributed by atoms with E-state index in [0.717, 1.165) is 36.2 Å². The number of hydrogen-bond acceptors (Lipinski definition) is 6. The van der Waals surface area contributed by atoms with Crippen molar-refractivity contribution in [1.29, 1.82) is 0 Å². The number of aryl methyl sites for hydroxylation is 1. The van der Waals surface area contributed by atoms with Gasteiger partial charge in [0.1, 0.15) is 16.9 Å². The first-order chi connectivity index (χ1) is 22.3. The van der Waals surface area contributed by atoms with Crippen LogP contribution in [-0.2, 0) is 0 Å². The van der Waals surface area contributed by atoms with E-state index >= 15 is 4.39 Å². The summed E-state index contributed by atoms with van der Waals surface area (Å²) >= 11 is 6.64. The first-order valence-electron chi connectivity index (χ1n) is 15.5. The highest BCUT2D eigenvalue weighted by Gasteiger charge is 2.50. The van der Waals surface area contributed by atoms with Crippen LogP contribution in [0.4, 0.5) is 9.18 Å². The highest BCUT2D eigenvalue weighted by atomic mass is 35.5. The Bertz CT molecular complexity index is 2090. The highest BCUT2D eigenvalue weighted by molar-refractivity contribution is 6.34. The third kappa shape index (κ3) is 4.21. The minimum atomic E-state index is -0.968. The predicted molar refractivity (Wildman–Crippen MR) is 172 cm³/mol. The van der Waals surface area contributed by atoms with Gasteiger partial charge in [0, 0.05) is 54.4 Å². The standard InChI is InChI=1S/C34H31ClFN7O3/c1-16-6-3-7-18(26(16)35)29-27(36)30-20(15-39-29)32-19(28(41-30)21-8-4-9-22(40-21)33(44)37-2)13-25(24-10-5-11-42(24)34(45)46)43(32)31-17-12-23(31)38-14-17/h3-4,6-9,13,15,17,23-24,31,38H,5,10-12,14H2,1-2H3,(H,37,44)(H,45,46)/t17-,23-,24-,31+/m1/s1. The minimum absolute atomic E-state index is 0.0568. The van der Waals surface area contributed by atoms with Crippen LogP contribution in [0.15, 0.2) is 48.7 Å². The Morgan fingerprint density at radius 3 is 2.70 bits per heavy atom. The van der Waals surface area contributed by atoms with E-state index in [-0.39, 0.29) is 40.9 Å². The monoisotopic (exact) mass is 639 g/mol. The van der Waals surface area contributed by atoms with Gasteiger partial charge in [0.25, 0.3) is 5.91 Å². The summed E-state index contributed by atoms with van der Waals surface area (Å²) in [6.07, 6.45) is 3.12. The van der Waals surface area contributed by atoms with Crippen molar-refractivity contribution in [2.24, 2.45) is 5.92 Å². The number of benzene rings is 1. The molecule has 46 heavy (non-hydrogen) atoms. The van der Waals surface area contributed by atoms with Crippen molar-refractivity contribution in [3.8, 4) is 22.6 Å². The van der Waals surface area contributed by atoms with Gasteiger partial charge in [0.15, 0.2) is 5.82 Å². The normalized spacial score (nSPS) is 22.0. The molecule has 0 radical (unpaired) electrons. The molecule has 7 heterocycles. The van der Waals surface area contributed by atoms with Crippen molar-refractivity contribution in [2.45, 2.75) is 44.3 Å². The fourth-order valence-corrected chi connectivity index (χ4v) is 7.90. The van der Waals surface area contributed by atoms with E-state index in [0.29, 0.717) is 51.6 Å². The molecule has 3 aliphatic heterocycles. The zero-order valence-electron chi connectivity index (χ0n) is 25.2. The van der Waals surface area contributed by atoms with Gasteiger partial charge in [-0.15, -0.1) is 0 Å². The summed E-state index contributed by atoms with van der Waals surface area (Å²) in [6.45, 7) is 3.15.